The zero-order chi connectivity index (χ0) is 24.9. The van der Waals surface area contributed by atoms with Crippen LogP contribution in [0.2, 0.25) is 0 Å². The minimum absolute atomic E-state index is 0.140. The van der Waals surface area contributed by atoms with Gasteiger partial charge in [-0.1, -0.05) is 36.4 Å². The molecule has 0 radical (unpaired) electrons. The van der Waals surface area contributed by atoms with Crippen LogP contribution in [-0.4, -0.2) is 47.5 Å². The predicted molar refractivity (Wildman–Crippen MR) is 126 cm³/mol. The van der Waals surface area contributed by atoms with Crippen molar-refractivity contribution in [2.75, 3.05) is 13.2 Å². The number of alkyl carbamates (subject to hydrolysis) is 1. The number of allylic oxidation sites excluding steroid dienone is 1. The van der Waals surface area contributed by atoms with E-state index in [4.69, 9.17) is 9.47 Å². The maximum atomic E-state index is 13.2. The molecule has 1 aromatic carbocycles. The fourth-order valence-corrected chi connectivity index (χ4v) is 4.04. The highest BCUT2D eigenvalue weighted by Gasteiger charge is 2.41. The third-order valence-corrected chi connectivity index (χ3v) is 5.51. The second-order valence-corrected chi connectivity index (χ2v) is 9.27. The highest BCUT2D eigenvalue weighted by atomic mass is 16.6. The molecule has 34 heavy (non-hydrogen) atoms. The van der Waals surface area contributed by atoms with E-state index >= 15 is 0 Å². The van der Waals surface area contributed by atoms with Gasteiger partial charge < -0.3 is 14.8 Å². The van der Waals surface area contributed by atoms with Crippen LogP contribution in [0.25, 0.3) is 0 Å². The standard InChI is InChI=1S/C26H32N2O6/c1-5-33-22(29)16-17-10-12-18(13-11-17)21(14-15-27-25(32)34-26(2,3)4)28-23(30)19-8-6-7-9-20(19)24(28)31/h6,8,10-13,21H,5,7,9,14-16H2,1-4H3,(H,27,32). The smallest absolute Gasteiger partial charge is 0.407 e. The first-order chi connectivity index (χ1) is 16.1. The highest BCUT2D eigenvalue weighted by molar-refractivity contribution is 6.21. The number of imide groups is 1. The van der Waals surface area contributed by atoms with Gasteiger partial charge in [-0.15, -0.1) is 0 Å². The summed E-state index contributed by atoms with van der Waals surface area (Å²) in [5.74, 6) is -0.932. The molecule has 0 spiro atoms. The summed E-state index contributed by atoms with van der Waals surface area (Å²) >= 11 is 0. The fourth-order valence-electron chi connectivity index (χ4n) is 4.04. The van der Waals surface area contributed by atoms with E-state index in [2.05, 4.69) is 5.32 Å². The van der Waals surface area contributed by atoms with E-state index < -0.39 is 17.7 Å². The summed E-state index contributed by atoms with van der Waals surface area (Å²) in [6.07, 6.45) is 4.77. The number of nitrogens with zero attached hydrogens (tertiary/aromatic N) is 1. The third-order valence-electron chi connectivity index (χ3n) is 5.51. The first kappa shape index (κ1) is 25.2. The first-order valence-corrected chi connectivity index (χ1v) is 11.6. The van der Waals surface area contributed by atoms with Crippen molar-refractivity contribution < 1.29 is 28.7 Å². The summed E-state index contributed by atoms with van der Waals surface area (Å²) in [4.78, 5) is 51.5. The molecule has 0 fully saturated rings. The molecule has 1 aromatic rings. The van der Waals surface area contributed by atoms with Crippen LogP contribution >= 0.6 is 0 Å². The van der Waals surface area contributed by atoms with E-state index in [9.17, 15) is 19.2 Å². The second kappa shape index (κ2) is 10.7. The molecule has 0 aromatic heterocycles. The molecule has 0 bridgehead atoms. The van der Waals surface area contributed by atoms with Gasteiger partial charge in [0.2, 0.25) is 0 Å². The quantitative estimate of drug-likeness (QED) is 0.460. The molecule has 1 N–H and O–H groups in total. The van der Waals surface area contributed by atoms with Gasteiger partial charge in [0.15, 0.2) is 0 Å². The van der Waals surface area contributed by atoms with Crippen molar-refractivity contribution in [3.05, 3.63) is 58.7 Å². The van der Waals surface area contributed by atoms with Gasteiger partial charge in [-0.2, -0.15) is 0 Å². The van der Waals surface area contributed by atoms with Gasteiger partial charge in [-0.05, 0) is 58.1 Å². The molecular formula is C26H32N2O6. The van der Waals surface area contributed by atoms with Crippen molar-refractivity contribution in [2.45, 2.75) is 65.0 Å². The lowest BCUT2D eigenvalue weighted by Crippen LogP contribution is -2.39. The number of esters is 1. The van der Waals surface area contributed by atoms with Gasteiger partial charge in [-0.3, -0.25) is 19.3 Å². The maximum absolute atomic E-state index is 13.2. The molecule has 1 aliphatic heterocycles. The van der Waals surface area contributed by atoms with Crippen molar-refractivity contribution in [1.29, 1.82) is 0 Å². The number of rotatable bonds is 8. The molecule has 8 heteroatoms. The molecule has 1 atom stereocenters. The average molecular weight is 469 g/mol. The van der Waals surface area contributed by atoms with E-state index in [1.165, 1.54) is 4.90 Å². The van der Waals surface area contributed by atoms with E-state index in [0.717, 1.165) is 17.5 Å². The zero-order valence-electron chi connectivity index (χ0n) is 20.2. The summed E-state index contributed by atoms with van der Waals surface area (Å²) in [6, 6.07) is 6.61. The topological polar surface area (TPSA) is 102 Å². The summed E-state index contributed by atoms with van der Waals surface area (Å²) in [5.41, 5.74) is 1.86. The Labute approximate surface area is 200 Å². The van der Waals surface area contributed by atoms with Gasteiger partial charge in [0.1, 0.15) is 5.60 Å². The van der Waals surface area contributed by atoms with Crippen LogP contribution in [0.3, 0.4) is 0 Å². The highest BCUT2D eigenvalue weighted by Crippen LogP contribution is 2.36. The Morgan fingerprint density at radius 3 is 2.44 bits per heavy atom. The van der Waals surface area contributed by atoms with Crippen molar-refractivity contribution in [2.24, 2.45) is 0 Å². The van der Waals surface area contributed by atoms with Gasteiger partial charge in [0, 0.05) is 17.7 Å². The van der Waals surface area contributed by atoms with E-state index in [1.807, 2.05) is 6.08 Å². The normalized spacial score (nSPS) is 16.4. The molecule has 1 aliphatic carbocycles. The number of nitrogens with one attached hydrogen (secondary N) is 1. The lowest BCUT2D eigenvalue weighted by molar-refractivity contribution is -0.142. The van der Waals surface area contributed by atoms with Crippen LogP contribution in [0, 0.1) is 0 Å². The van der Waals surface area contributed by atoms with Gasteiger partial charge in [-0.25, -0.2) is 4.79 Å². The molecule has 3 rings (SSSR count). The number of hydrogen-bond acceptors (Lipinski definition) is 6. The minimum atomic E-state index is -0.631. The van der Waals surface area contributed by atoms with Crippen molar-refractivity contribution in [1.82, 2.24) is 10.2 Å². The van der Waals surface area contributed by atoms with E-state index in [-0.39, 0.29) is 30.7 Å². The monoisotopic (exact) mass is 468 g/mol. The minimum Gasteiger partial charge on any atom is -0.466 e. The Hall–Kier alpha value is -3.42. The Balaban J connectivity index is 1.79. The van der Waals surface area contributed by atoms with Crippen molar-refractivity contribution >= 4 is 23.9 Å². The summed E-state index contributed by atoms with van der Waals surface area (Å²) in [5, 5.41) is 2.71. The molecule has 0 saturated carbocycles. The third kappa shape index (κ3) is 6.12. The molecule has 1 heterocycles. The van der Waals surface area contributed by atoms with Gasteiger partial charge in [0.25, 0.3) is 11.8 Å². The van der Waals surface area contributed by atoms with E-state index in [1.54, 1.807) is 58.0 Å². The van der Waals surface area contributed by atoms with Crippen molar-refractivity contribution in [3.8, 4) is 0 Å². The largest absolute Gasteiger partial charge is 0.466 e. The number of ether oxygens (including phenoxy) is 2. The average Bonchev–Trinajstić information content (AvgIpc) is 3.01. The van der Waals surface area contributed by atoms with Crippen molar-refractivity contribution in [3.63, 3.8) is 0 Å². The lowest BCUT2D eigenvalue weighted by Gasteiger charge is -2.28. The second-order valence-electron chi connectivity index (χ2n) is 9.27. The Kier molecular flexibility index (Phi) is 7.91. The number of amides is 3. The number of hydrogen-bond donors (Lipinski definition) is 1. The zero-order valence-corrected chi connectivity index (χ0v) is 20.2. The fraction of sp³-hybridized carbons (Fsp3) is 0.462. The summed E-state index contributed by atoms with van der Waals surface area (Å²) in [6.45, 7) is 7.61. The number of carbonyl (C=O) groups is 4. The Morgan fingerprint density at radius 2 is 1.82 bits per heavy atom. The van der Waals surface area contributed by atoms with Crippen LogP contribution in [0.5, 0.6) is 0 Å². The van der Waals surface area contributed by atoms with Crippen LogP contribution in [0.1, 0.15) is 64.1 Å². The molecule has 3 amide bonds. The Bertz CT molecular complexity index is 1020. The molecular weight excluding hydrogens is 436 g/mol. The maximum Gasteiger partial charge on any atom is 0.407 e. The molecule has 1 unspecified atom stereocenters. The van der Waals surface area contributed by atoms with Gasteiger partial charge >= 0.3 is 12.1 Å². The SMILES string of the molecule is CCOC(=O)Cc1ccc(C(CCNC(=O)OC(C)(C)C)N2C(=O)C3=C(CCC=C3)C2=O)cc1. The summed E-state index contributed by atoms with van der Waals surface area (Å²) in [7, 11) is 0. The lowest BCUT2D eigenvalue weighted by atomic mass is 9.99. The molecule has 0 saturated heterocycles. The Morgan fingerprint density at radius 1 is 1.12 bits per heavy atom. The van der Waals surface area contributed by atoms with Crippen LogP contribution in [0.15, 0.2) is 47.6 Å². The van der Waals surface area contributed by atoms with Crippen LogP contribution in [0.4, 0.5) is 4.79 Å². The molecule has 2 aliphatic rings. The molecule has 182 valence electrons. The number of carbonyl (C=O) groups excluding carboxylic acids is 4. The van der Waals surface area contributed by atoms with Crippen LogP contribution in [-0.2, 0) is 30.3 Å². The summed E-state index contributed by atoms with van der Waals surface area (Å²) < 4.78 is 10.3. The predicted octanol–water partition coefficient (Wildman–Crippen LogP) is 3.76. The van der Waals surface area contributed by atoms with E-state index in [0.29, 0.717) is 30.6 Å². The molecule has 8 nitrogen and oxygen atoms in total. The first-order valence-electron chi connectivity index (χ1n) is 11.6. The van der Waals surface area contributed by atoms with Gasteiger partial charge in [0.05, 0.1) is 19.1 Å². The number of benzene rings is 1. The van der Waals surface area contributed by atoms with Crippen LogP contribution < -0.4 is 5.32 Å².